The molecule has 0 saturated carbocycles. The van der Waals surface area contributed by atoms with Gasteiger partial charge in [0, 0.05) is 6.54 Å². The Bertz CT molecular complexity index is 214. The minimum atomic E-state index is -0.303. The summed E-state index contributed by atoms with van der Waals surface area (Å²) in [6.45, 7) is 4.80. The molecule has 14 heavy (non-hydrogen) atoms. The summed E-state index contributed by atoms with van der Waals surface area (Å²) < 4.78 is 0. The Hall–Kier alpha value is -0.780. The maximum Gasteiger partial charge on any atom is 0.0779 e. The van der Waals surface area contributed by atoms with Crippen molar-refractivity contribution in [2.24, 2.45) is 11.5 Å². The standard InChI is InChI=1S/C12H22N2/c1-3-8-12(14,9-4-2)10-6-5-7-11-13/h5,7H,3-4,8-9,11,13-14H2,1-2H3. The Morgan fingerprint density at radius 3 is 2.21 bits per heavy atom. The molecule has 0 unspecified atom stereocenters. The smallest absolute Gasteiger partial charge is 0.0779 e. The molecular formula is C12H22N2. The lowest BCUT2D eigenvalue weighted by Gasteiger charge is -2.21. The highest BCUT2D eigenvalue weighted by atomic mass is 14.7. The zero-order chi connectivity index (χ0) is 10.9. The highest BCUT2D eigenvalue weighted by Gasteiger charge is 2.18. The van der Waals surface area contributed by atoms with Crippen molar-refractivity contribution in [3.63, 3.8) is 0 Å². The largest absolute Gasteiger partial charge is 0.327 e. The number of nitrogens with two attached hydrogens (primary N) is 2. The van der Waals surface area contributed by atoms with Gasteiger partial charge >= 0.3 is 0 Å². The summed E-state index contributed by atoms with van der Waals surface area (Å²) in [4.78, 5) is 0. The van der Waals surface area contributed by atoms with Gasteiger partial charge in [0.2, 0.25) is 0 Å². The van der Waals surface area contributed by atoms with Gasteiger partial charge in [-0.2, -0.15) is 0 Å². The maximum absolute atomic E-state index is 6.16. The number of rotatable bonds is 5. The molecule has 0 spiro atoms. The quantitative estimate of drug-likeness (QED) is 0.656. The molecule has 0 radical (unpaired) electrons. The van der Waals surface area contributed by atoms with Crippen molar-refractivity contribution in [1.29, 1.82) is 0 Å². The van der Waals surface area contributed by atoms with Crippen LogP contribution in [0.1, 0.15) is 39.5 Å². The predicted octanol–water partition coefficient (Wildman–Crippen LogP) is 1.80. The molecule has 4 N–H and O–H groups in total. The van der Waals surface area contributed by atoms with Gasteiger partial charge < -0.3 is 11.5 Å². The maximum atomic E-state index is 6.16. The number of hydrogen-bond donors (Lipinski definition) is 2. The topological polar surface area (TPSA) is 52.0 Å². The molecule has 0 amide bonds. The average Bonchev–Trinajstić information content (AvgIpc) is 2.13. The van der Waals surface area contributed by atoms with Crippen molar-refractivity contribution in [3.05, 3.63) is 12.2 Å². The predicted molar refractivity (Wildman–Crippen MR) is 62.7 cm³/mol. The molecule has 0 aromatic heterocycles. The van der Waals surface area contributed by atoms with Gasteiger partial charge in [-0.05, 0) is 18.9 Å². The first kappa shape index (κ1) is 13.2. The van der Waals surface area contributed by atoms with Gasteiger partial charge in [-0.1, -0.05) is 44.6 Å². The van der Waals surface area contributed by atoms with Crippen LogP contribution in [0.3, 0.4) is 0 Å². The summed E-state index contributed by atoms with van der Waals surface area (Å²) in [6, 6.07) is 0. The first-order chi connectivity index (χ1) is 6.68. The van der Waals surface area contributed by atoms with E-state index in [0.29, 0.717) is 6.54 Å². The zero-order valence-electron chi connectivity index (χ0n) is 9.34. The Morgan fingerprint density at radius 2 is 1.79 bits per heavy atom. The first-order valence-electron chi connectivity index (χ1n) is 5.35. The summed E-state index contributed by atoms with van der Waals surface area (Å²) in [5.41, 5.74) is 11.2. The van der Waals surface area contributed by atoms with Crippen molar-refractivity contribution in [3.8, 4) is 11.8 Å². The van der Waals surface area contributed by atoms with Gasteiger partial charge in [0.15, 0.2) is 0 Å². The van der Waals surface area contributed by atoms with E-state index in [4.69, 9.17) is 11.5 Å². The molecule has 0 aliphatic heterocycles. The summed E-state index contributed by atoms with van der Waals surface area (Å²) in [5.74, 6) is 6.08. The first-order valence-corrected chi connectivity index (χ1v) is 5.35. The lowest BCUT2D eigenvalue weighted by Crippen LogP contribution is -2.37. The van der Waals surface area contributed by atoms with Crippen molar-refractivity contribution >= 4 is 0 Å². The van der Waals surface area contributed by atoms with Crippen molar-refractivity contribution in [2.75, 3.05) is 6.54 Å². The Balaban J connectivity index is 4.31. The van der Waals surface area contributed by atoms with Crippen LogP contribution in [0, 0.1) is 11.8 Å². The fourth-order valence-corrected chi connectivity index (χ4v) is 1.45. The van der Waals surface area contributed by atoms with Crippen LogP contribution in [0.5, 0.6) is 0 Å². The van der Waals surface area contributed by atoms with Crippen LogP contribution in [0.2, 0.25) is 0 Å². The Labute approximate surface area is 87.7 Å². The van der Waals surface area contributed by atoms with E-state index in [1.54, 1.807) is 6.08 Å². The van der Waals surface area contributed by atoms with Crippen molar-refractivity contribution in [2.45, 2.75) is 45.1 Å². The van der Waals surface area contributed by atoms with Crippen LogP contribution in [0.25, 0.3) is 0 Å². The van der Waals surface area contributed by atoms with Crippen molar-refractivity contribution in [1.82, 2.24) is 0 Å². The van der Waals surface area contributed by atoms with Crippen LogP contribution in [-0.2, 0) is 0 Å². The molecule has 0 heterocycles. The van der Waals surface area contributed by atoms with E-state index in [2.05, 4.69) is 25.7 Å². The van der Waals surface area contributed by atoms with Crippen LogP contribution in [0.4, 0.5) is 0 Å². The molecule has 2 heteroatoms. The molecule has 0 aromatic carbocycles. The van der Waals surface area contributed by atoms with Crippen LogP contribution >= 0.6 is 0 Å². The molecule has 80 valence electrons. The highest BCUT2D eigenvalue weighted by Crippen LogP contribution is 2.15. The second kappa shape index (κ2) is 7.61. The molecule has 0 aromatic rings. The lowest BCUT2D eigenvalue weighted by atomic mass is 9.90. The van der Waals surface area contributed by atoms with E-state index in [9.17, 15) is 0 Å². The third-order valence-corrected chi connectivity index (χ3v) is 2.05. The van der Waals surface area contributed by atoms with Crippen LogP contribution in [0.15, 0.2) is 12.2 Å². The second-order valence-corrected chi connectivity index (χ2v) is 3.56. The third kappa shape index (κ3) is 5.80. The fraction of sp³-hybridized carbons (Fsp3) is 0.667. The molecule has 0 rings (SSSR count). The lowest BCUT2D eigenvalue weighted by molar-refractivity contribution is 0.456. The van der Waals surface area contributed by atoms with E-state index in [0.717, 1.165) is 25.7 Å². The molecule has 2 nitrogen and oxygen atoms in total. The molecule has 0 atom stereocenters. The normalized spacial score (nSPS) is 11.4. The van der Waals surface area contributed by atoms with Gasteiger partial charge in [0.05, 0.1) is 5.54 Å². The van der Waals surface area contributed by atoms with E-state index < -0.39 is 0 Å². The number of hydrogen-bond acceptors (Lipinski definition) is 2. The highest BCUT2D eigenvalue weighted by molar-refractivity contribution is 5.24. The van der Waals surface area contributed by atoms with Crippen molar-refractivity contribution < 1.29 is 0 Å². The minimum Gasteiger partial charge on any atom is -0.327 e. The zero-order valence-corrected chi connectivity index (χ0v) is 9.34. The molecule has 0 aliphatic carbocycles. The molecule has 0 fully saturated rings. The Morgan fingerprint density at radius 1 is 1.21 bits per heavy atom. The summed E-state index contributed by atoms with van der Waals surface area (Å²) in [6.07, 6.45) is 7.70. The average molecular weight is 194 g/mol. The summed E-state index contributed by atoms with van der Waals surface area (Å²) >= 11 is 0. The van der Waals surface area contributed by atoms with Gasteiger partial charge in [-0.25, -0.2) is 0 Å². The molecule has 0 saturated heterocycles. The monoisotopic (exact) mass is 194 g/mol. The fourth-order valence-electron chi connectivity index (χ4n) is 1.45. The molecule has 0 bridgehead atoms. The van der Waals surface area contributed by atoms with E-state index in [-0.39, 0.29) is 5.54 Å². The van der Waals surface area contributed by atoms with E-state index >= 15 is 0 Å². The van der Waals surface area contributed by atoms with Crippen LogP contribution < -0.4 is 11.5 Å². The van der Waals surface area contributed by atoms with Gasteiger partial charge in [-0.15, -0.1) is 0 Å². The SMILES string of the molecule is CCCC(N)(C#CC=CCN)CCC. The van der Waals surface area contributed by atoms with Gasteiger partial charge in [0.25, 0.3) is 0 Å². The van der Waals surface area contributed by atoms with E-state index in [1.807, 2.05) is 6.08 Å². The van der Waals surface area contributed by atoms with Gasteiger partial charge in [0.1, 0.15) is 0 Å². The third-order valence-electron chi connectivity index (χ3n) is 2.05. The summed E-state index contributed by atoms with van der Waals surface area (Å²) in [5, 5.41) is 0. The second-order valence-electron chi connectivity index (χ2n) is 3.56. The van der Waals surface area contributed by atoms with Gasteiger partial charge in [-0.3, -0.25) is 0 Å². The number of allylic oxidation sites excluding steroid dienone is 1. The van der Waals surface area contributed by atoms with Crippen LogP contribution in [-0.4, -0.2) is 12.1 Å². The summed E-state index contributed by atoms with van der Waals surface area (Å²) in [7, 11) is 0. The molecule has 0 aliphatic rings. The van der Waals surface area contributed by atoms with E-state index in [1.165, 1.54) is 0 Å². The molecular weight excluding hydrogens is 172 g/mol. The minimum absolute atomic E-state index is 0.303. The Kier molecular flexibility index (Phi) is 7.18.